The molecule has 0 saturated heterocycles. The zero-order valence-corrected chi connectivity index (χ0v) is 11.1. The Balaban J connectivity index is 2.18. The van der Waals surface area contributed by atoms with E-state index >= 15 is 0 Å². The van der Waals surface area contributed by atoms with Gasteiger partial charge in [0.25, 0.3) is 0 Å². The van der Waals surface area contributed by atoms with Crippen molar-refractivity contribution in [2.45, 2.75) is 44.6 Å². The molecule has 0 aromatic heterocycles. The lowest BCUT2D eigenvalue weighted by Crippen LogP contribution is -2.35. The fourth-order valence-electron chi connectivity index (χ4n) is 3.45. The molecule has 1 amide bonds. The second-order valence-corrected chi connectivity index (χ2v) is 5.81. The van der Waals surface area contributed by atoms with Crippen LogP contribution in [0.25, 0.3) is 0 Å². The lowest BCUT2D eigenvalue weighted by Gasteiger charge is -2.29. The molecule has 3 rings (SSSR count). The molecule has 0 spiro atoms. The van der Waals surface area contributed by atoms with Crippen LogP contribution in [0.3, 0.4) is 0 Å². The van der Waals surface area contributed by atoms with Gasteiger partial charge in [0.15, 0.2) is 0 Å². The first-order valence-electron chi connectivity index (χ1n) is 6.71. The van der Waals surface area contributed by atoms with Gasteiger partial charge in [-0.15, -0.1) is 0 Å². The summed E-state index contributed by atoms with van der Waals surface area (Å²) in [6.07, 6.45) is 4.97. The number of anilines is 1. The van der Waals surface area contributed by atoms with E-state index in [-0.39, 0.29) is 11.4 Å². The first-order chi connectivity index (χ1) is 8.51. The molecule has 1 aliphatic carbocycles. The minimum Gasteiger partial charge on any atom is -0.321 e. The number of carbonyl (C=O) groups is 1. The Hall–Kier alpha value is -1.35. The highest BCUT2D eigenvalue weighted by molar-refractivity contribution is 6.02. The van der Waals surface area contributed by atoms with E-state index in [0.29, 0.717) is 6.42 Å². The Kier molecular flexibility index (Phi) is 2.49. The molecule has 18 heavy (non-hydrogen) atoms. The van der Waals surface area contributed by atoms with Crippen molar-refractivity contribution in [3.8, 4) is 0 Å². The maximum Gasteiger partial charge on any atom is 0.231 e. The molecule has 0 unspecified atom stereocenters. The fraction of sp³-hybridized carbons (Fsp3) is 0.533. The lowest BCUT2D eigenvalue weighted by atomic mass is 9.85. The molecule has 2 aliphatic rings. The summed E-state index contributed by atoms with van der Waals surface area (Å²) in [5.74, 6) is 0.179. The summed E-state index contributed by atoms with van der Waals surface area (Å²) >= 11 is 0. The summed E-state index contributed by atoms with van der Waals surface area (Å²) in [6.45, 7) is 2.09. The van der Waals surface area contributed by atoms with Crippen LogP contribution in [0.15, 0.2) is 12.1 Å². The SMILES string of the molecule is Cc1cc2c(c(C3(N)CCCC3)c1)N(C)C(=O)C2. The molecule has 96 valence electrons. The molecule has 1 heterocycles. The molecule has 0 bridgehead atoms. The molecular formula is C15H20N2O. The van der Waals surface area contributed by atoms with Gasteiger partial charge in [-0.25, -0.2) is 0 Å². The van der Waals surface area contributed by atoms with E-state index in [1.165, 1.54) is 24.0 Å². The number of rotatable bonds is 1. The second-order valence-electron chi connectivity index (χ2n) is 5.81. The normalized spacial score (nSPS) is 21.5. The molecule has 1 fully saturated rings. The maximum absolute atomic E-state index is 11.9. The average molecular weight is 244 g/mol. The molecule has 3 heteroatoms. The number of likely N-dealkylation sites (N-methyl/N-ethyl adjacent to an activating group) is 1. The van der Waals surface area contributed by atoms with Crippen LogP contribution in [0.1, 0.15) is 42.4 Å². The highest BCUT2D eigenvalue weighted by atomic mass is 16.2. The van der Waals surface area contributed by atoms with E-state index < -0.39 is 0 Å². The third-order valence-electron chi connectivity index (χ3n) is 4.42. The van der Waals surface area contributed by atoms with E-state index in [4.69, 9.17) is 5.73 Å². The Morgan fingerprint density at radius 1 is 1.28 bits per heavy atom. The molecule has 1 aromatic carbocycles. The molecule has 3 nitrogen and oxygen atoms in total. The van der Waals surface area contributed by atoms with Crippen molar-refractivity contribution in [1.29, 1.82) is 0 Å². The molecule has 0 radical (unpaired) electrons. The molecular weight excluding hydrogens is 224 g/mol. The second kappa shape index (κ2) is 3.82. The number of hydrogen-bond donors (Lipinski definition) is 1. The number of amides is 1. The smallest absolute Gasteiger partial charge is 0.231 e. The summed E-state index contributed by atoms with van der Waals surface area (Å²) in [7, 11) is 1.87. The maximum atomic E-state index is 11.9. The fourth-order valence-corrected chi connectivity index (χ4v) is 3.45. The monoisotopic (exact) mass is 244 g/mol. The van der Waals surface area contributed by atoms with Gasteiger partial charge in [0, 0.05) is 12.6 Å². The molecule has 1 saturated carbocycles. The average Bonchev–Trinajstić information content (AvgIpc) is 2.85. The number of aryl methyl sites for hydroxylation is 1. The lowest BCUT2D eigenvalue weighted by molar-refractivity contribution is -0.117. The number of carbonyl (C=O) groups excluding carboxylic acids is 1. The molecule has 1 aliphatic heterocycles. The minimum atomic E-state index is -0.227. The summed E-state index contributed by atoms with van der Waals surface area (Å²) in [5, 5.41) is 0. The number of benzene rings is 1. The van der Waals surface area contributed by atoms with Crippen molar-refractivity contribution in [2.75, 3.05) is 11.9 Å². The van der Waals surface area contributed by atoms with E-state index in [1.54, 1.807) is 4.90 Å². The van der Waals surface area contributed by atoms with Crippen molar-refractivity contribution in [2.24, 2.45) is 5.73 Å². The Morgan fingerprint density at radius 2 is 1.94 bits per heavy atom. The Labute approximate surface area is 108 Å². The van der Waals surface area contributed by atoms with Crippen LogP contribution < -0.4 is 10.6 Å². The first kappa shape index (κ1) is 11.7. The molecule has 2 N–H and O–H groups in total. The van der Waals surface area contributed by atoms with Gasteiger partial charge >= 0.3 is 0 Å². The van der Waals surface area contributed by atoms with Gasteiger partial charge < -0.3 is 10.6 Å². The van der Waals surface area contributed by atoms with Gasteiger partial charge in [-0.1, -0.05) is 30.5 Å². The van der Waals surface area contributed by atoms with Crippen molar-refractivity contribution in [1.82, 2.24) is 0 Å². The van der Waals surface area contributed by atoms with Crippen LogP contribution >= 0.6 is 0 Å². The number of nitrogens with two attached hydrogens (primary N) is 1. The van der Waals surface area contributed by atoms with Gasteiger partial charge in [-0.05, 0) is 30.9 Å². The number of nitrogens with zero attached hydrogens (tertiary/aromatic N) is 1. The van der Waals surface area contributed by atoms with Gasteiger partial charge in [0.05, 0.1) is 12.1 Å². The zero-order chi connectivity index (χ0) is 12.9. The third-order valence-corrected chi connectivity index (χ3v) is 4.42. The largest absolute Gasteiger partial charge is 0.321 e. The predicted octanol–water partition coefficient (Wildman–Crippen LogP) is 2.24. The van der Waals surface area contributed by atoms with Crippen molar-refractivity contribution in [3.63, 3.8) is 0 Å². The van der Waals surface area contributed by atoms with Crippen LogP contribution in [-0.2, 0) is 16.8 Å². The summed E-state index contributed by atoms with van der Waals surface area (Å²) in [4.78, 5) is 13.7. The topological polar surface area (TPSA) is 46.3 Å². The van der Waals surface area contributed by atoms with Gasteiger partial charge in [0.1, 0.15) is 0 Å². The van der Waals surface area contributed by atoms with Crippen molar-refractivity contribution >= 4 is 11.6 Å². The molecule has 1 aromatic rings. The van der Waals surface area contributed by atoms with Gasteiger partial charge in [-0.2, -0.15) is 0 Å². The predicted molar refractivity (Wildman–Crippen MR) is 72.6 cm³/mol. The third kappa shape index (κ3) is 1.57. The van der Waals surface area contributed by atoms with E-state index in [1.807, 2.05) is 7.05 Å². The van der Waals surface area contributed by atoms with Crippen molar-refractivity contribution in [3.05, 3.63) is 28.8 Å². The zero-order valence-electron chi connectivity index (χ0n) is 11.1. The highest BCUT2D eigenvalue weighted by Gasteiger charge is 2.38. The Morgan fingerprint density at radius 3 is 2.61 bits per heavy atom. The van der Waals surface area contributed by atoms with Crippen LogP contribution in [0.2, 0.25) is 0 Å². The van der Waals surface area contributed by atoms with E-state index in [9.17, 15) is 4.79 Å². The first-order valence-corrected chi connectivity index (χ1v) is 6.71. The van der Waals surface area contributed by atoms with Crippen LogP contribution in [0, 0.1) is 6.92 Å². The van der Waals surface area contributed by atoms with E-state index in [2.05, 4.69) is 19.1 Å². The molecule has 0 atom stereocenters. The van der Waals surface area contributed by atoms with Crippen molar-refractivity contribution < 1.29 is 4.79 Å². The van der Waals surface area contributed by atoms with Gasteiger partial charge in [-0.3, -0.25) is 4.79 Å². The standard InChI is InChI=1S/C15H20N2O/c1-10-7-11-9-13(18)17(2)14(11)12(8-10)15(16)5-3-4-6-15/h7-8H,3-6,9,16H2,1-2H3. The highest BCUT2D eigenvalue weighted by Crippen LogP contribution is 2.44. The summed E-state index contributed by atoms with van der Waals surface area (Å²) in [6, 6.07) is 4.30. The summed E-state index contributed by atoms with van der Waals surface area (Å²) < 4.78 is 0. The number of fused-ring (bicyclic) bond motifs is 1. The summed E-state index contributed by atoms with van der Waals surface area (Å²) in [5.41, 5.74) is 11.0. The number of hydrogen-bond acceptors (Lipinski definition) is 2. The van der Waals surface area contributed by atoms with Crippen LogP contribution in [0.5, 0.6) is 0 Å². The minimum absolute atomic E-state index is 0.179. The Bertz CT molecular complexity index is 515. The van der Waals surface area contributed by atoms with Gasteiger partial charge in [0.2, 0.25) is 5.91 Å². The van der Waals surface area contributed by atoms with Crippen LogP contribution in [0.4, 0.5) is 5.69 Å². The van der Waals surface area contributed by atoms with Crippen LogP contribution in [-0.4, -0.2) is 13.0 Å². The quantitative estimate of drug-likeness (QED) is 0.823. The van der Waals surface area contributed by atoms with E-state index in [0.717, 1.165) is 24.1 Å².